The van der Waals surface area contributed by atoms with Crippen molar-refractivity contribution in [1.82, 2.24) is 15.1 Å². The van der Waals surface area contributed by atoms with Crippen LogP contribution in [0.1, 0.15) is 25.5 Å². The molecule has 1 aromatic rings. The van der Waals surface area contributed by atoms with Gasteiger partial charge in [0.1, 0.15) is 12.6 Å². The summed E-state index contributed by atoms with van der Waals surface area (Å²) in [6, 6.07) is 7.78. The molecule has 6 nitrogen and oxygen atoms in total. The molecule has 1 fully saturated rings. The van der Waals surface area contributed by atoms with Crippen LogP contribution in [-0.4, -0.2) is 47.3 Å². The van der Waals surface area contributed by atoms with E-state index in [9.17, 15) is 14.4 Å². The van der Waals surface area contributed by atoms with Crippen molar-refractivity contribution in [1.29, 1.82) is 0 Å². The van der Waals surface area contributed by atoms with Crippen molar-refractivity contribution in [3.05, 3.63) is 35.9 Å². The van der Waals surface area contributed by atoms with Crippen LogP contribution in [-0.2, 0) is 9.59 Å². The molecule has 2 rings (SSSR count). The van der Waals surface area contributed by atoms with Gasteiger partial charge in [0.2, 0.25) is 5.91 Å². The lowest BCUT2D eigenvalue weighted by molar-refractivity contribution is -0.137. The van der Waals surface area contributed by atoms with Gasteiger partial charge < -0.3 is 10.2 Å². The molecule has 0 saturated carbocycles. The zero-order chi connectivity index (χ0) is 15.4. The largest absolute Gasteiger partial charge is 0.342 e. The van der Waals surface area contributed by atoms with E-state index < -0.39 is 12.1 Å². The van der Waals surface area contributed by atoms with Gasteiger partial charge in [-0.3, -0.25) is 14.5 Å². The zero-order valence-electron chi connectivity index (χ0n) is 12.2. The Morgan fingerprint density at radius 2 is 1.81 bits per heavy atom. The van der Waals surface area contributed by atoms with Crippen molar-refractivity contribution < 1.29 is 14.4 Å². The molecule has 1 saturated heterocycles. The molecule has 1 atom stereocenters. The lowest BCUT2D eigenvalue weighted by atomic mass is 10.1. The molecule has 0 aromatic heterocycles. The van der Waals surface area contributed by atoms with E-state index in [-0.39, 0.29) is 18.4 Å². The minimum absolute atomic E-state index is 0.213. The summed E-state index contributed by atoms with van der Waals surface area (Å²) in [7, 11) is 0. The van der Waals surface area contributed by atoms with Crippen LogP contribution in [0.2, 0.25) is 0 Å². The maximum Gasteiger partial charge on any atom is 0.325 e. The number of carbonyl (C=O) groups is 3. The second-order valence-electron chi connectivity index (χ2n) is 4.78. The van der Waals surface area contributed by atoms with Crippen molar-refractivity contribution in [2.75, 3.05) is 19.6 Å². The van der Waals surface area contributed by atoms with E-state index in [4.69, 9.17) is 0 Å². The second kappa shape index (κ2) is 6.39. The third kappa shape index (κ3) is 3.04. The van der Waals surface area contributed by atoms with Crippen LogP contribution >= 0.6 is 0 Å². The molecular weight excluding hydrogens is 270 g/mol. The molecule has 0 radical (unpaired) electrons. The minimum atomic E-state index is -0.705. The number of carbonyl (C=O) groups excluding carboxylic acids is 3. The summed E-state index contributed by atoms with van der Waals surface area (Å²) in [6.07, 6.45) is 0. The molecular formula is C15H19N3O3. The zero-order valence-corrected chi connectivity index (χ0v) is 12.2. The van der Waals surface area contributed by atoms with Crippen molar-refractivity contribution >= 4 is 17.8 Å². The number of hydrogen-bond donors (Lipinski definition) is 1. The number of likely N-dealkylation sites (N-methyl/N-ethyl adjacent to an activating group) is 1. The first kappa shape index (κ1) is 15.0. The molecule has 0 aliphatic carbocycles. The van der Waals surface area contributed by atoms with Crippen LogP contribution in [0.3, 0.4) is 0 Å². The van der Waals surface area contributed by atoms with Gasteiger partial charge in [-0.05, 0) is 19.4 Å². The Kier molecular flexibility index (Phi) is 4.57. The van der Waals surface area contributed by atoms with Gasteiger partial charge in [-0.25, -0.2) is 4.79 Å². The highest BCUT2D eigenvalue weighted by molar-refractivity contribution is 6.06. The molecule has 1 unspecified atom stereocenters. The van der Waals surface area contributed by atoms with Crippen molar-refractivity contribution in [3.63, 3.8) is 0 Å². The predicted molar refractivity (Wildman–Crippen MR) is 77.4 cm³/mol. The van der Waals surface area contributed by atoms with Crippen molar-refractivity contribution in [2.45, 2.75) is 19.9 Å². The second-order valence-corrected chi connectivity index (χ2v) is 4.78. The van der Waals surface area contributed by atoms with E-state index in [2.05, 4.69) is 5.32 Å². The highest BCUT2D eigenvalue weighted by Gasteiger charge is 2.40. The summed E-state index contributed by atoms with van der Waals surface area (Å²) in [4.78, 5) is 38.9. The fourth-order valence-electron chi connectivity index (χ4n) is 2.35. The fourth-order valence-corrected chi connectivity index (χ4v) is 2.35. The molecule has 1 heterocycles. The quantitative estimate of drug-likeness (QED) is 0.827. The number of benzene rings is 1. The Morgan fingerprint density at radius 3 is 2.38 bits per heavy atom. The van der Waals surface area contributed by atoms with Gasteiger partial charge in [0, 0.05) is 13.1 Å². The third-order valence-electron chi connectivity index (χ3n) is 3.57. The number of imide groups is 1. The molecule has 1 aliphatic heterocycles. The highest BCUT2D eigenvalue weighted by Crippen LogP contribution is 2.21. The van der Waals surface area contributed by atoms with E-state index in [1.165, 1.54) is 0 Å². The molecule has 4 amide bonds. The molecule has 1 N–H and O–H groups in total. The Balaban J connectivity index is 2.11. The molecule has 6 heteroatoms. The number of nitrogens with zero attached hydrogens (tertiary/aromatic N) is 2. The van der Waals surface area contributed by atoms with Crippen LogP contribution < -0.4 is 5.32 Å². The molecule has 1 aromatic carbocycles. The molecule has 0 bridgehead atoms. The van der Waals surface area contributed by atoms with E-state index in [1.807, 2.05) is 19.9 Å². The summed E-state index contributed by atoms with van der Waals surface area (Å²) in [6.45, 7) is 4.62. The number of hydrogen-bond acceptors (Lipinski definition) is 3. The third-order valence-corrected chi connectivity index (χ3v) is 3.57. The normalized spacial score (nSPS) is 17.8. The standard InChI is InChI=1S/C15H19N3O3/c1-3-17(4-2)12(19)10-18-14(20)13(16-15(18)21)11-8-6-5-7-9-11/h5-9,13H,3-4,10H2,1-2H3,(H,16,21). The molecule has 1 aliphatic rings. The smallest absolute Gasteiger partial charge is 0.325 e. The molecule has 21 heavy (non-hydrogen) atoms. The summed E-state index contributed by atoms with van der Waals surface area (Å²) in [5.41, 5.74) is 0.716. The van der Waals surface area contributed by atoms with Crippen molar-refractivity contribution in [2.24, 2.45) is 0 Å². The fraction of sp³-hybridized carbons (Fsp3) is 0.400. The maximum atomic E-state index is 12.3. The Morgan fingerprint density at radius 1 is 1.19 bits per heavy atom. The SMILES string of the molecule is CCN(CC)C(=O)CN1C(=O)NC(c2ccccc2)C1=O. The Bertz CT molecular complexity index is 540. The van der Waals surface area contributed by atoms with E-state index >= 15 is 0 Å². The van der Waals surface area contributed by atoms with Crippen LogP contribution in [0.15, 0.2) is 30.3 Å². The van der Waals surface area contributed by atoms with Gasteiger partial charge in [0.25, 0.3) is 5.91 Å². The number of nitrogens with one attached hydrogen (secondary N) is 1. The first-order chi connectivity index (χ1) is 10.1. The van der Waals surface area contributed by atoms with Crippen LogP contribution in [0.5, 0.6) is 0 Å². The maximum absolute atomic E-state index is 12.3. The summed E-state index contributed by atoms with van der Waals surface area (Å²) >= 11 is 0. The van der Waals surface area contributed by atoms with Gasteiger partial charge in [0.15, 0.2) is 0 Å². The van der Waals surface area contributed by atoms with Crippen LogP contribution in [0.25, 0.3) is 0 Å². The Hall–Kier alpha value is -2.37. The summed E-state index contributed by atoms with van der Waals surface area (Å²) in [5, 5.41) is 2.62. The van der Waals surface area contributed by atoms with Gasteiger partial charge >= 0.3 is 6.03 Å². The number of amides is 4. The van der Waals surface area contributed by atoms with E-state index in [1.54, 1.807) is 29.2 Å². The number of rotatable bonds is 5. The predicted octanol–water partition coefficient (Wildman–Crippen LogP) is 1.15. The summed E-state index contributed by atoms with van der Waals surface area (Å²) < 4.78 is 0. The average molecular weight is 289 g/mol. The summed E-state index contributed by atoms with van der Waals surface area (Å²) in [5.74, 6) is -0.607. The van der Waals surface area contributed by atoms with E-state index in [0.717, 1.165) is 4.90 Å². The number of urea groups is 1. The highest BCUT2D eigenvalue weighted by atomic mass is 16.2. The van der Waals surface area contributed by atoms with Crippen LogP contribution in [0.4, 0.5) is 4.79 Å². The monoisotopic (exact) mass is 289 g/mol. The Labute approximate surface area is 123 Å². The van der Waals surface area contributed by atoms with Gasteiger partial charge in [-0.1, -0.05) is 30.3 Å². The first-order valence-electron chi connectivity index (χ1n) is 7.03. The van der Waals surface area contributed by atoms with Crippen LogP contribution in [0, 0.1) is 0 Å². The first-order valence-corrected chi connectivity index (χ1v) is 7.03. The van der Waals surface area contributed by atoms with Gasteiger partial charge in [0.05, 0.1) is 0 Å². The van der Waals surface area contributed by atoms with Gasteiger partial charge in [-0.2, -0.15) is 0 Å². The van der Waals surface area contributed by atoms with Gasteiger partial charge in [-0.15, -0.1) is 0 Å². The topological polar surface area (TPSA) is 69.7 Å². The average Bonchev–Trinajstić information content (AvgIpc) is 2.77. The molecule has 0 spiro atoms. The lowest BCUT2D eigenvalue weighted by Gasteiger charge is -2.21. The minimum Gasteiger partial charge on any atom is -0.342 e. The molecule has 112 valence electrons. The lowest BCUT2D eigenvalue weighted by Crippen LogP contribution is -2.43. The van der Waals surface area contributed by atoms with E-state index in [0.29, 0.717) is 18.7 Å². The van der Waals surface area contributed by atoms with Crippen molar-refractivity contribution in [3.8, 4) is 0 Å².